The Kier molecular flexibility index (Phi) is 6.62. The fourth-order valence-corrected chi connectivity index (χ4v) is 6.33. The van der Waals surface area contributed by atoms with Gasteiger partial charge in [0.25, 0.3) is 12.3 Å². The van der Waals surface area contributed by atoms with Gasteiger partial charge in [0.2, 0.25) is 11.9 Å². The molecule has 3 N–H and O–H groups in total. The second-order valence-corrected chi connectivity index (χ2v) is 11.5. The Morgan fingerprint density at radius 3 is 2.74 bits per heavy atom. The number of halogens is 2. The van der Waals surface area contributed by atoms with Gasteiger partial charge in [0.15, 0.2) is 0 Å². The highest BCUT2D eigenvalue weighted by Crippen LogP contribution is 2.42. The van der Waals surface area contributed by atoms with Crippen LogP contribution in [0.5, 0.6) is 0 Å². The quantitative estimate of drug-likeness (QED) is 0.361. The van der Waals surface area contributed by atoms with Gasteiger partial charge in [0.05, 0.1) is 5.56 Å². The molecule has 2 fully saturated rings. The number of anilines is 3. The molecule has 0 unspecified atom stereocenters. The molecule has 3 aliphatic rings. The highest BCUT2D eigenvalue weighted by Gasteiger charge is 2.34. The van der Waals surface area contributed by atoms with Crippen molar-refractivity contribution in [1.82, 2.24) is 29.9 Å². The Bertz CT molecular complexity index is 1360. The van der Waals surface area contributed by atoms with E-state index in [1.54, 1.807) is 13.4 Å². The number of aromatic nitrogens is 5. The SMILES string of the molecule is Cn1nc(C(F)F)cc1Nc1nncn1[C@H]1CCc2sc(NC(=O)C3CCC3)c(C(=O)NCC3CC3)c2C1.[HH]. The minimum Gasteiger partial charge on any atom is -0.352 e. The van der Waals surface area contributed by atoms with Gasteiger partial charge in [-0.25, -0.2) is 8.78 Å². The summed E-state index contributed by atoms with van der Waals surface area (Å²) in [6, 6.07) is 1.24. The molecule has 204 valence electrons. The number of aryl methyl sites for hydroxylation is 2. The third-order valence-corrected chi connectivity index (χ3v) is 8.96. The first-order valence-corrected chi connectivity index (χ1v) is 13.9. The second kappa shape index (κ2) is 10.1. The molecule has 3 aromatic heterocycles. The van der Waals surface area contributed by atoms with E-state index >= 15 is 0 Å². The molecule has 13 heteroatoms. The van der Waals surface area contributed by atoms with Crippen molar-refractivity contribution in [2.24, 2.45) is 18.9 Å². The lowest BCUT2D eigenvalue weighted by Crippen LogP contribution is -2.31. The van der Waals surface area contributed by atoms with Crippen LogP contribution in [0.3, 0.4) is 0 Å². The summed E-state index contributed by atoms with van der Waals surface area (Å²) < 4.78 is 29.4. The largest absolute Gasteiger partial charge is 0.352 e. The summed E-state index contributed by atoms with van der Waals surface area (Å²) in [5.74, 6) is 1.20. The molecule has 3 aromatic rings. The Labute approximate surface area is 223 Å². The maximum atomic E-state index is 13.4. The predicted octanol–water partition coefficient (Wildman–Crippen LogP) is 4.61. The molecule has 2 saturated carbocycles. The van der Waals surface area contributed by atoms with E-state index in [0.29, 0.717) is 41.2 Å². The van der Waals surface area contributed by atoms with Gasteiger partial charge in [0.1, 0.15) is 22.8 Å². The van der Waals surface area contributed by atoms with Crippen molar-refractivity contribution in [3.8, 4) is 0 Å². The van der Waals surface area contributed by atoms with Gasteiger partial charge < -0.3 is 16.0 Å². The number of rotatable bonds is 9. The molecule has 3 aliphatic carbocycles. The standard InChI is InChI=1S/C25H30F2N8O2S.H2/c1-34-19(10-17(33-34)21(26)27)30-25-32-29-12-35(25)15-7-8-18-16(9-15)20(23(37)28-11-13-5-6-13)24(38-18)31-22(36)14-3-2-4-14;/h10,12-15,21H,2-9,11H2,1H3,(H,28,37)(H,30,32)(H,31,36);1H/t15-;/m0./s1. The van der Waals surface area contributed by atoms with Crippen LogP contribution in [0.25, 0.3) is 0 Å². The number of carbonyl (C=O) groups is 2. The number of nitrogens with one attached hydrogen (secondary N) is 3. The maximum Gasteiger partial charge on any atom is 0.282 e. The number of alkyl halides is 2. The summed E-state index contributed by atoms with van der Waals surface area (Å²) >= 11 is 1.50. The number of fused-ring (bicyclic) bond motifs is 1. The van der Waals surface area contributed by atoms with Crippen molar-refractivity contribution in [2.45, 2.75) is 63.8 Å². The van der Waals surface area contributed by atoms with E-state index < -0.39 is 6.43 Å². The van der Waals surface area contributed by atoms with Crippen molar-refractivity contribution < 1.29 is 19.8 Å². The van der Waals surface area contributed by atoms with Crippen LogP contribution in [0.1, 0.15) is 78.9 Å². The van der Waals surface area contributed by atoms with Gasteiger partial charge in [-0.3, -0.25) is 18.8 Å². The van der Waals surface area contributed by atoms with E-state index in [1.807, 2.05) is 4.57 Å². The van der Waals surface area contributed by atoms with E-state index in [0.717, 1.165) is 55.4 Å². The monoisotopic (exact) mass is 546 g/mol. The maximum absolute atomic E-state index is 13.4. The van der Waals surface area contributed by atoms with Gasteiger partial charge in [0, 0.05) is 37.9 Å². The van der Waals surface area contributed by atoms with Gasteiger partial charge in [-0.05, 0) is 56.4 Å². The summed E-state index contributed by atoms with van der Waals surface area (Å²) in [6.07, 6.45) is 6.14. The lowest BCUT2D eigenvalue weighted by Gasteiger charge is -2.25. The molecule has 1 atom stereocenters. The van der Waals surface area contributed by atoms with Crippen LogP contribution >= 0.6 is 11.3 Å². The Morgan fingerprint density at radius 2 is 2.05 bits per heavy atom. The lowest BCUT2D eigenvalue weighted by atomic mass is 9.85. The number of amides is 2. The van der Waals surface area contributed by atoms with E-state index in [9.17, 15) is 18.4 Å². The van der Waals surface area contributed by atoms with E-state index in [-0.39, 0.29) is 30.9 Å². The zero-order chi connectivity index (χ0) is 26.4. The van der Waals surface area contributed by atoms with Crippen molar-refractivity contribution in [1.29, 1.82) is 0 Å². The summed E-state index contributed by atoms with van der Waals surface area (Å²) in [7, 11) is 1.58. The Morgan fingerprint density at radius 1 is 1.24 bits per heavy atom. The third-order valence-electron chi connectivity index (χ3n) is 7.75. The highest BCUT2D eigenvalue weighted by atomic mass is 32.1. The van der Waals surface area contributed by atoms with E-state index in [4.69, 9.17) is 0 Å². The molecule has 0 aromatic carbocycles. The van der Waals surface area contributed by atoms with Crippen LogP contribution in [-0.2, 0) is 24.7 Å². The fourth-order valence-electron chi connectivity index (χ4n) is 5.09. The first-order valence-electron chi connectivity index (χ1n) is 13.1. The number of thiophene rings is 1. The number of carbonyl (C=O) groups excluding carboxylic acids is 2. The smallest absolute Gasteiger partial charge is 0.282 e. The number of nitrogens with zero attached hydrogens (tertiary/aromatic N) is 5. The van der Waals surface area contributed by atoms with Crippen molar-refractivity contribution in [3.63, 3.8) is 0 Å². The molecule has 0 aliphatic heterocycles. The van der Waals surface area contributed by atoms with Crippen LogP contribution < -0.4 is 16.0 Å². The zero-order valence-corrected chi connectivity index (χ0v) is 21.9. The van der Waals surface area contributed by atoms with Gasteiger partial charge in [-0.15, -0.1) is 21.5 Å². The Hall–Kier alpha value is -3.35. The molecule has 10 nitrogen and oxygen atoms in total. The Balaban J connectivity index is 0.00000308. The van der Waals surface area contributed by atoms with Crippen LogP contribution in [-0.4, -0.2) is 42.9 Å². The summed E-state index contributed by atoms with van der Waals surface area (Å²) in [4.78, 5) is 27.3. The van der Waals surface area contributed by atoms with Crippen LogP contribution in [0.2, 0.25) is 0 Å². The molecule has 0 radical (unpaired) electrons. The second-order valence-electron chi connectivity index (χ2n) is 10.4. The lowest BCUT2D eigenvalue weighted by molar-refractivity contribution is -0.122. The first-order chi connectivity index (χ1) is 18.4. The molecule has 3 heterocycles. The average molecular weight is 547 g/mol. The summed E-state index contributed by atoms with van der Waals surface area (Å²) in [6.45, 7) is 0.647. The molecule has 0 bridgehead atoms. The summed E-state index contributed by atoms with van der Waals surface area (Å²) in [5.41, 5.74) is 1.20. The van der Waals surface area contributed by atoms with Crippen LogP contribution in [0.4, 0.5) is 25.5 Å². The molecule has 0 spiro atoms. The number of hydrogen-bond donors (Lipinski definition) is 3. The highest BCUT2D eigenvalue weighted by molar-refractivity contribution is 7.17. The topological polar surface area (TPSA) is 119 Å². The molecule has 38 heavy (non-hydrogen) atoms. The number of hydrogen-bond acceptors (Lipinski definition) is 7. The zero-order valence-electron chi connectivity index (χ0n) is 21.0. The average Bonchev–Trinajstić information content (AvgIpc) is 3.26. The molecular formula is C25H32F2N8O2S. The van der Waals surface area contributed by atoms with Crippen molar-refractivity contribution >= 4 is 39.9 Å². The van der Waals surface area contributed by atoms with Crippen LogP contribution in [0.15, 0.2) is 12.4 Å². The fraction of sp³-hybridized carbons (Fsp3) is 0.560. The third kappa shape index (κ3) is 4.91. The summed E-state index contributed by atoms with van der Waals surface area (Å²) in [5, 5.41) is 21.9. The minimum absolute atomic E-state index is 0. The van der Waals surface area contributed by atoms with Crippen LogP contribution in [0, 0.1) is 11.8 Å². The van der Waals surface area contributed by atoms with Crippen molar-refractivity contribution in [3.05, 3.63) is 34.1 Å². The molecule has 0 saturated heterocycles. The molecule has 6 rings (SSSR count). The van der Waals surface area contributed by atoms with Gasteiger partial charge in [-0.2, -0.15) is 5.10 Å². The first kappa shape index (κ1) is 25.0. The minimum atomic E-state index is -2.67. The van der Waals surface area contributed by atoms with E-state index in [2.05, 4.69) is 31.2 Å². The predicted molar refractivity (Wildman–Crippen MR) is 140 cm³/mol. The normalized spacial score (nSPS) is 19.2. The molecular weight excluding hydrogens is 514 g/mol. The van der Waals surface area contributed by atoms with Gasteiger partial charge in [-0.1, -0.05) is 6.42 Å². The van der Waals surface area contributed by atoms with E-state index in [1.165, 1.54) is 22.1 Å². The molecule has 2 amide bonds. The van der Waals surface area contributed by atoms with Crippen molar-refractivity contribution in [2.75, 3.05) is 17.2 Å². The van der Waals surface area contributed by atoms with Gasteiger partial charge >= 0.3 is 0 Å².